The highest BCUT2D eigenvalue weighted by atomic mass is 16.6. The molecule has 0 unspecified atom stereocenters. The van der Waals surface area contributed by atoms with Crippen molar-refractivity contribution in [1.29, 1.82) is 5.26 Å². The van der Waals surface area contributed by atoms with E-state index in [-0.39, 0.29) is 0 Å². The standard InChI is InChI=1S/C27H25N3O3/c1-18-20(13-30-14-27(15-30)16-31-17-27)5-7-24(29-18)22-4-2-3-21(23(22)12-28)19-6-8-25-26(11-19)33-10-9-32-25/h2-8,11H,9-10,13-17H2,1H3. The van der Waals surface area contributed by atoms with Gasteiger partial charge >= 0.3 is 0 Å². The predicted molar refractivity (Wildman–Crippen MR) is 124 cm³/mol. The van der Waals surface area contributed by atoms with Crippen molar-refractivity contribution in [3.05, 3.63) is 65.4 Å². The highest BCUT2D eigenvalue weighted by Crippen LogP contribution is 2.39. The Morgan fingerprint density at radius 3 is 2.52 bits per heavy atom. The lowest BCUT2D eigenvalue weighted by molar-refractivity contribution is -0.191. The second-order valence-electron chi connectivity index (χ2n) is 9.28. The molecule has 0 saturated carbocycles. The number of nitriles is 1. The molecule has 166 valence electrons. The molecule has 2 fully saturated rings. The van der Waals surface area contributed by atoms with Crippen molar-refractivity contribution in [2.24, 2.45) is 5.41 Å². The summed E-state index contributed by atoms with van der Waals surface area (Å²) in [6.07, 6.45) is 0. The van der Waals surface area contributed by atoms with Gasteiger partial charge in [-0.2, -0.15) is 5.26 Å². The van der Waals surface area contributed by atoms with Crippen LogP contribution in [0.1, 0.15) is 16.8 Å². The lowest BCUT2D eigenvalue weighted by Crippen LogP contribution is -2.65. The Bertz CT molecular complexity index is 1270. The minimum atomic E-state index is 0.414. The first-order valence-corrected chi connectivity index (χ1v) is 11.3. The molecule has 6 heteroatoms. The van der Waals surface area contributed by atoms with E-state index >= 15 is 0 Å². The van der Waals surface area contributed by atoms with E-state index in [1.54, 1.807) is 0 Å². The second kappa shape index (κ2) is 7.87. The highest BCUT2D eigenvalue weighted by molar-refractivity contribution is 5.81. The molecule has 3 aliphatic heterocycles. The largest absolute Gasteiger partial charge is 0.486 e. The van der Waals surface area contributed by atoms with Crippen LogP contribution in [0.2, 0.25) is 0 Å². The van der Waals surface area contributed by atoms with Crippen LogP contribution in [-0.2, 0) is 11.3 Å². The average Bonchev–Trinajstić information content (AvgIpc) is 2.80. The first kappa shape index (κ1) is 20.2. The van der Waals surface area contributed by atoms with Crippen LogP contribution in [0.3, 0.4) is 0 Å². The van der Waals surface area contributed by atoms with Gasteiger partial charge in [-0.15, -0.1) is 0 Å². The molecule has 3 aliphatic rings. The minimum Gasteiger partial charge on any atom is -0.486 e. The van der Waals surface area contributed by atoms with Crippen molar-refractivity contribution in [2.75, 3.05) is 39.5 Å². The zero-order chi connectivity index (χ0) is 22.4. The van der Waals surface area contributed by atoms with Gasteiger partial charge in [0.1, 0.15) is 19.3 Å². The van der Waals surface area contributed by atoms with E-state index in [4.69, 9.17) is 19.2 Å². The summed E-state index contributed by atoms with van der Waals surface area (Å²) in [6.45, 7) is 8.05. The van der Waals surface area contributed by atoms with Gasteiger partial charge in [0, 0.05) is 41.9 Å². The maximum Gasteiger partial charge on any atom is 0.161 e. The van der Waals surface area contributed by atoms with Gasteiger partial charge in [-0.05, 0) is 36.2 Å². The molecule has 1 spiro atoms. The topological polar surface area (TPSA) is 67.6 Å². The van der Waals surface area contributed by atoms with Gasteiger partial charge in [0.15, 0.2) is 11.5 Å². The van der Waals surface area contributed by atoms with Gasteiger partial charge in [0.2, 0.25) is 0 Å². The first-order valence-electron chi connectivity index (χ1n) is 11.3. The number of aromatic nitrogens is 1. The van der Waals surface area contributed by atoms with Crippen LogP contribution in [0, 0.1) is 23.7 Å². The lowest BCUT2D eigenvalue weighted by Gasteiger charge is -2.55. The number of hydrogen-bond donors (Lipinski definition) is 0. The molecule has 6 rings (SSSR count). The van der Waals surface area contributed by atoms with Gasteiger partial charge in [0.05, 0.1) is 24.5 Å². The van der Waals surface area contributed by atoms with E-state index < -0.39 is 0 Å². The van der Waals surface area contributed by atoms with Gasteiger partial charge in [-0.25, -0.2) is 0 Å². The first-order chi connectivity index (χ1) is 16.1. The monoisotopic (exact) mass is 439 g/mol. The Hall–Kier alpha value is -3.40. The number of ether oxygens (including phenoxy) is 3. The van der Waals surface area contributed by atoms with Crippen molar-refractivity contribution in [3.63, 3.8) is 0 Å². The van der Waals surface area contributed by atoms with Gasteiger partial charge < -0.3 is 14.2 Å². The number of aryl methyl sites for hydroxylation is 1. The predicted octanol–water partition coefficient (Wildman–Crippen LogP) is 4.20. The van der Waals surface area contributed by atoms with Crippen LogP contribution < -0.4 is 9.47 Å². The molecular formula is C27H25N3O3. The van der Waals surface area contributed by atoms with Crippen LogP contribution in [0.15, 0.2) is 48.5 Å². The molecule has 2 aromatic carbocycles. The zero-order valence-electron chi connectivity index (χ0n) is 18.6. The normalized spacial score (nSPS) is 18.3. The van der Waals surface area contributed by atoms with Gasteiger partial charge in [-0.3, -0.25) is 9.88 Å². The summed E-state index contributed by atoms with van der Waals surface area (Å²) < 4.78 is 16.8. The number of hydrogen-bond acceptors (Lipinski definition) is 6. The number of fused-ring (bicyclic) bond motifs is 1. The van der Waals surface area contributed by atoms with E-state index in [1.807, 2.05) is 42.5 Å². The SMILES string of the molecule is Cc1nc(-c2cccc(-c3ccc4c(c3)OCCO4)c2C#N)ccc1CN1CC2(COC2)C1. The third-order valence-electron chi connectivity index (χ3n) is 6.83. The molecule has 4 heterocycles. The molecule has 0 N–H and O–H groups in total. The van der Waals surface area contributed by atoms with Gasteiger partial charge in [-0.1, -0.05) is 30.3 Å². The Morgan fingerprint density at radius 1 is 1.00 bits per heavy atom. The number of benzene rings is 2. The third kappa shape index (κ3) is 3.54. The smallest absolute Gasteiger partial charge is 0.161 e. The van der Waals surface area contributed by atoms with Crippen LogP contribution in [0.5, 0.6) is 11.5 Å². The van der Waals surface area contributed by atoms with Crippen molar-refractivity contribution in [1.82, 2.24) is 9.88 Å². The quantitative estimate of drug-likeness (QED) is 0.607. The van der Waals surface area contributed by atoms with Crippen molar-refractivity contribution < 1.29 is 14.2 Å². The van der Waals surface area contributed by atoms with Crippen molar-refractivity contribution in [3.8, 4) is 40.0 Å². The Labute approximate surface area is 193 Å². The van der Waals surface area contributed by atoms with E-state index in [9.17, 15) is 5.26 Å². The van der Waals surface area contributed by atoms with Gasteiger partial charge in [0.25, 0.3) is 0 Å². The summed E-state index contributed by atoms with van der Waals surface area (Å²) in [7, 11) is 0. The number of likely N-dealkylation sites (tertiary alicyclic amines) is 1. The van der Waals surface area contributed by atoms with E-state index in [1.165, 1.54) is 5.56 Å². The Morgan fingerprint density at radius 2 is 1.79 bits per heavy atom. The molecule has 0 bridgehead atoms. The minimum absolute atomic E-state index is 0.414. The number of pyridine rings is 1. The van der Waals surface area contributed by atoms with Crippen LogP contribution in [0.25, 0.3) is 22.4 Å². The lowest BCUT2D eigenvalue weighted by atomic mass is 9.78. The Kier molecular flexibility index (Phi) is 4.83. The molecular weight excluding hydrogens is 414 g/mol. The fourth-order valence-corrected chi connectivity index (χ4v) is 5.07. The maximum atomic E-state index is 10.1. The van der Waals surface area contributed by atoms with E-state index in [2.05, 4.69) is 24.0 Å². The van der Waals surface area contributed by atoms with Crippen molar-refractivity contribution >= 4 is 0 Å². The molecule has 0 aliphatic carbocycles. The summed E-state index contributed by atoms with van der Waals surface area (Å²) in [6, 6.07) is 18.4. The van der Waals surface area contributed by atoms with Crippen molar-refractivity contribution in [2.45, 2.75) is 13.5 Å². The molecule has 3 aromatic rings. The molecule has 0 amide bonds. The Balaban J connectivity index is 1.29. The molecule has 2 saturated heterocycles. The summed E-state index contributed by atoms with van der Waals surface area (Å²) in [5.74, 6) is 1.46. The van der Waals surface area contributed by atoms with E-state index in [0.717, 1.165) is 66.7 Å². The second-order valence-corrected chi connectivity index (χ2v) is 9.28. The maximum absolute atomic E-state index is 10.1. The molecule has 33 heavy (non-hydrogen) atoms. The average molecular weight is 440 g/mol. The number of nitrogens with zero attached hydrogens (tertiary/aromatic N) is 3. The fourth-order valence-electron chi connectivity index (χ4n) is 5.07. The molecule has 6 nitrogen and oxygen atoms in total. The third-order valence-corrected chi connectivity index (χ3v) is 6.83. The van der Waals surface area contributed by atoms with Crippen LogP contribution in [0.4, 0.5) is 0 Å². The zero-order valence-corrected chi connectivity index (χ0v) is 18.6. The highest BCUT2D eigenvalue weighted by Gasteiger charge is 2.48. The summed E-state index contributed by atoms with van der Waals surface area (Å²) in [5.41, 5.74) is 6.72. The van der Waals surface area contributed by atoms with Crippen LogP contribution >= 0.6 is 0 Å². The molecule has 1 aromatic heterocycles. The molecule has 0 atom stereocenters. The number of rotatable bonds is 4. The summed E-state index contributed by atoms with van der Waals surface area (Å²) in [4.78, 5) is 7.35. The summed E-state index contributed by atoms with van der Waals surface area (Å²) >= 11 is 0. The molecule has 0 radical (unpaired) electrons. The summed E-state index contributed by atoms with van der Waals surface area (Å²) in [5, 5.41) is 10.1. The van der Waals surface area contributed by atoms with E-state index in [0.29, 0.717) is 29.9 Å². The van der Waals surface area contributed by atoms with Crippen LogP contribution in [-0.4, -0.2) is 49.4 Å². The fraction of sp³-hybridized carbons (Fsp3) is 0.333.